The molecule has 4 atom stereocenters. The number of carbonyl (C=O) groups excluding carboxylic acids is 1. The molecule has 0 radical (unpaired) electrons. The van der Waals surface area contributed by atoms with Crippen LogP contribution in [0.5, 0.6) is 0 Å². The highest BCUT2D eigenvalue weighted by Gasteiger charge is 2.28. The summed E-state index contributed by atoms with van der Waals surface area (Å²) < 4.78 is 0. The lowest BCUT2D eigenvalue weighted by Crippen LogP contribution is -2.53. The lowest BCUT2D eigenvalue weighted by molar-refractivity contribution is -0.132. The quantitative estimate of drug-likeness (QED) is 0.0308. The lowest BCUT2D eigenvalue weighted by atomic mass is 10.00. The van der Waals surface area contributed by atoms with Gasteiger partial charge in [-0.3, -0.25) is 4.79 Å². The number of hydrogen-bond acceptors (Lipinski definition) is 5. The van der Waals surface area contributed by atoms with Crippen molar-refractivity contribution in [3.63, 3.8) is 0 Å². The van der Waals surface area contributed by atoms with E-state index >= 15 is 0 Å². The summed E-state index contributed by atoms with van der Waals surface area (Å²) in [6.45, 7) is 4.08. The van der Waals surface area contributed by atoms with Crippen LogP contribution in [0.3, 0.4) is 0 Å². The summed E-state index contributed by atoms with van der Waals surface area (Å²) in [5.74, 6) is -0.589. The number of aliphatic hydroxyl groups excluding tert-OH is 4. The molecule has 4 unspecified atom stereocenters. The zero-order valence-corrected chi connectivity index (χ0v) is 46.3. The van der Waals surface area contributed by atoms with E-state index in [4.69, 9.17) is 0 Å². The van der Waals surface area contributed by atoms with Gasteiger partial charge in [0, 0.05) is 0 Å². The molecule has 6 heteroatoms. The van der Waals surface area contributed by atoms with Crippen LogP contribution in [-0.4, -0.2) is 57.3 Å². The molecule has 0 bridgehead atoms. The largest absolute Gasteiger partial charge is 0.394 e. The van der Waals surface area contributed by atoms with Crippen LogP contribution in [0.4, 0.5) is 0 Å². The van der Waals surface area contributed by atoms with E-state index < -0.39 is 36.9 Å². The van der Waals surface area contributed by atoms with Gasteiger partial charge in [0.25, 0.3) is 0 Å². The minimum Gasteiger partial charge on any atom is -0.394 e. The Labute approximate surface area is 430 Å². The standard InChI is InChI=1S/C63H121NO5/c1-3-5-7-9-11-13-15-17-19-21-23-24-25-26-27-28-29-30-31-32-33-34-35-36-37-39-41-43-45-47-49-51-53-55-57-61(67)63(69)64-59(58-65)62(68)60(66)56-54-52-50-48-46-44-42-40-38-22-20-18-16-14-12-10-8-6-4-2/h25-26,28-29,48,50,59-62,65-68H,3-24,27,30-47,49,51-58H2,1-2H3,(H,64,69)/b26-25-,29-28-,50-48+. The number of nitrogens with one attached hydrogen (secondary N) is 1. The Bertz CT molecular complexity index is 1090. The van der Waals surface area contributed by atoms with Crippen LogP contribution < -0.4 is 5.32 Å². The molecule has 0 fully saturated rings. The number of allylic oxidation sites excluding steroid dienone is 6. The van der Waals surface area contributed by atoms with Gasteiger partial charge in [0.2, 0.25) is 5.91 Å². The number of hydrogen-bond donors (Lipinski definition) is 5. The molecule has 0 saturated heterocycles. The summed E-state index contributed by atoms with van der Waals surface area (Å²) in [5, 5.41) is 44.0. The molecule has 0 aliphatic heterocycles. The Kier molecular flexibility index (Phi) is 56.2. The molecule has 6 nitrogen and oxygen atoms in total. The van der Waals surface area contributed by atoms with Gasteiger partial charge in [0.15, 0.2) is 0 Å². The first-order chi connectivity index (χ1) is 34.0. The topological polar surface area (TPSA) is 110 Å². The summed E-state index contributed by atoms with van der Waals surface area (Å²) in [4.78, 5) is 12.6. The first-order valence-electron chi connectivity index (χ1n) is 30.9. The van der Waals surface area contributed by atoms with Crippen molar-refractivity contribution in [1.29, 1.82) is 0 Å². The zero-order chi connectivity index (χ0) is 50.2. The van der Waals surface area contributed by atoms with Crippen molar-refractivity contribution in [3.05, 3.63) is 36.5 Å². The van der Waals surface area contributed by atoms with Gasteiger partial charge in [-0.05, 0) is 70.6 Å². The maximum absolute atomic E-state index is 12.6. The monoisotopic (exact) mass is 972 g/mol. The Balaban J connectivity index is 3.59. The second-order valence-electron chi connectivity index (χ2n) is 21.4. The Morgan fingerprint density at radius 2 is 0.638 bits per heavy atom. The van der Waals surface area contributed by atoms with Crippen molar-refractivity contribution in [2.45, 2.75) is 353 Å². The summed E-state index contributed by atoms with van der Waals surface area (Å²) >= 11 is 0. The van der Waals surface area contributed by atoms with Crippen LogP contribution in [0.25, 0.3) is 0 Å². The number of carbonyl (C=O) groups is 1. The predicted molar refractivity (Wildman–Crippen MR) is 302 cm³/mol. The highest BCUT2D eigenvalue weighted by Crippen LogP contribution is 2.18. The lowest BCUT2D eigenvalue weighted by Gasteiger charge is -2.27. The molecule has 5 N–H and O–H groups in total. The van der Waals surface area contributed by atoms with Crippen LogP contribution in [0.15, 0.2) is 36.5 Å². The number of rotatable bonds is 57. The van der Waals surface area contributed by atoms with Gasteiger partial charge in [-0.2, -0.15) is 0 Å². The maximum Gasteiger partial charge on any atom is 0.249 e. The fourth-order valence-corrected chi connectivity index (χ4v) is 9.73. The summed E-state index contributed by atoms with van der Waals surface area (Å²) in [5.41, 5.74) is 0. The van der Waals surface area contributed by atoms with E-state index in [2.05, 4.69) is 55.6 Å². The third-order valence-corrected chi connectivity index (χ3v) is 14.6. The SMILES string of the molecule is CCCCCCCCCCCCC/C=C\C/C=C\CCCCCCCCCCCCCCCCCCC(O)C(=O)NC(CO)C(O)C(O)CCC/C=C/CCCCCCCCCCCCCCCC. The average Bonchev–Trinajstić information content (AvgIpc) is 3.35. The number of unbranched alkanes of at least 4 members (excludes halogenated alkanes) is 42. The van der Waals surface area contributed by atoms with Crippen molar-refractivity contribution in [2.24, 2.45) is 0 Å². The first kappa shape index (κ1) is 67.5. The normalized spacial score (nSPS) is 13.9. The molecule has 0 saturated carbocycles. The molecule has 0 aromatic carbocycles. The van der Waals surface area contributed by atoms with Gasteiger partial charge >= 0.3 is 0 Å². The van der Waals surface area contributed by atoms with E-state index in [-0.39, 0.29) is 0 Å². The Hall–Kier alpha value is -1.47. The minimum absolute atomic E-state index is 0.364. The molecule has 1 amide bonds. The van der Waals surface area contributed by atoms with Crippen LogP contribution in [-0.2, 0) is 4.79 Å². The second kappa shape index (κ2) is 57.4. The van der Waals surface area contributed by atoms with Crippen molar-refractivity contribution in [1.82, 2.24) is 5.32 Å². The van der Waals surface area contributed by atoms with E-state index in [1.807, 2.05) is 0 Å². The van der Waals surface area contributed by atoms with E-state index in [1.54, 1.807) is 0 Å². The number of amides is 1. The highest BCUT2D eigenvalue weighted by atomic mass is 16.3. The molecule has 0 heterocycles. The summed E-state index contributed by atoms with van der Waals surface area (Å²) in [6.07, 6.45) is 72.4. The summed E-state index contributed by atoms with van der Waals surface area (Å²) in [6, 6.07) is -1.00. The molecule has 0 rings (SSSR count). The van der Waals surface area contributed by atoms with E-state index in [9.17, 15) is 25.2 Å². The maximum atomic E-state index is 12.6. The zero-order valence-electron chi connectivity index (χ0n) is 46.3. The van der Waals surface area contributed by atoms with Gasteiger partial charge in [-0.15, -0.1) is 0 Å². The third kappa shape index (κ3) is 51.2. The second-order valence-corrected chi connectivity index (χ2v) is 21.4. The van der Waals surface area contributed by atoms with E-state index in [1.165, 1.54) is 257 Å². The van der Waals surface area contributed by atoms with Gasteiger partial charge in [0.05, 0.1) is 18.8 Å². The van der Waals surface area contributed by atoms with Crippen LogP contribution in [0.2, 0.25) is 0 Å². The average molecular weight is 973 g/mol. The molecule has 0 aromatic heterocycles. The number of aliphatic hydroxyl groups is 4. The summed E-state index contributed by atoms with van der Waals surface area (Å²) in [7, 11) is 0. The molecule has 0 aliphatic rings. The van der Waals surface area contributed by atoms with Crippen LogP contribution in [0, 0.1) is 0 Å². The Morgan fingerprint density at radius 1 is 0.362 bits per heavy atom. The van der Waals surface area contributed by atoms with Crippen molar-refractivity contribution in [2.75, 3.05) is 6.61 Å². The molecular formula is C63H121NO5. The fraction of sp³-hybridized carbons (Fsp3) is 0.889. The highest BCUT2D eigenvalue weighted by molar-refractivity contribution is 5.80. The fourth-order valence-electron chi connectivity index (χ4n) is 9.73. The van der Waals surface area contributed by atoms with Gasteiger partial charge in [-0.25, -0.2) is 0 Å². The van der Waals surface area contributed by atoms with Crippen molar-refractivity contribution >= 4 is 5.91 Å². The van der Waals surface area contributed by atoms with Crippen molar-refractivity contribution in [3.8, 4) is 0 Å². The first-order valence-corrected chi connectivity index (χ1v) is 30.9. The van der Waals surface area contributed by atoms with Crippen LogP contribution >= 0.6 is 0 Å². The molecule has 0 spiro atoms. The van der Waals surface area contributed by atoms with E-state index in [0.29, 0.717) is 12.8 Å². The smallest absolute Gasteiger partial charge is 0.249 e. The molecule has 69 heavy (non-hydrogen) atoms. The van der Waals surface area contributed by atoms with E-state index in [0.717, 1.165) is 44.9 Å². The molecular weight excluding hydrogens is 851 g/mol. The molecule has 408 valence electrons. The third-order valence-electron chi connectivity index (χ3n) is 14.6. The van der Waals surface area contributed by atoms with Crippen LogP contribution in [0.1, 0.15) is 328 Å². The molecule has 0 aliphatic carbocycles. The molecule has 0 aromatic rings. The van der Waals surface area contributed by atoms with Gasteiger partial charge in [-0.1, -0.05) is 294 Å². The Morgan fingerprint density at radius 3 is 0.957 bits per heavy atom. The van der Waals surface area contributed by atoms with Crippen molar-refractivity contribution < 1.29 is 25.2 Å². The van der Waals surface area contributed by atoms with Gasteiger partial charge < -0.3 is 25.7 Å². The predicted octanol–water partition coefficient (Wildman–Crippen LogP) is 18.4. The minimum atomic E-state index is -1.28. The van der Waals surface area contributed by atoms with Gasteiger partial charge in [0.1, 0.15) is 12.2 Å².